The van der Waals surface area contributed by atoms with Crippen molar-refractivity contribution < 1.29 is 9.13 Å². The number of alkyl halides is 1. The highest BCUT2D eigenvalue weighted by atomic mass is 35.5. The normalized spacial score (nSPS) is 20.3. The molecule has 2 unspecified atom stereocenters. The number of fused-ring (bicyclic) bond motifs is 1. The van der Waals surface area contributed by atoms with Gasteiger partial charge in [-0.1, -0.05) is 0 Å². The van der Waals surface area contributed by atoms with Gasteiger partial charge >= 0.3 is 0 Å². The predicted octanol–water partition coefficient (Wildman–Crippen LogP) is 4.01. The minimum atomic E-state index is -0.214. The molecule has 0 radical (unpaired) electrons. The maximum absolute atomic E-state index is 13.8. The number of ether oxygens (including phenoxy) is 1. The number of aromatic nitrogens is 2. The highest BCUT2D eigenvalue weighted by Crippen LogP contribution is 2.30. The van der Waals surface area contributed by atoms with Crippen molar-refractivity contribution in [3.63, 3.8) is 0 Å². The third-order valence-electron chi connectivity index (χ3n) is 4.27. The summed E-state index contributed by atoms with van der Waals surface area (Å²) in [6.07, 6.45) is 3.02. The molecule has 0 N–H and O–H groups in total. The average Bonchev–Trinajstić information content (AvgIpc) is 3.07. The first-order chi connectivity index (χ1) is 10.1. The van der Waals surface area contributed by atoms with E-state index in [0.29, 0.717) is 23.4 Å². The summed E-state index contributed by atoms with van der Waals surface area (Å²) in [6, 6.07) is 3.57. The molecule has 2 aromatic rings. The van der Waals surface area contributed by atoms with E-state index in [1.54, 1.807) is 6.92 Å². The molecule has 1 fully saturated rings. The van der Waals surface area contributed by atoms with Gasteiger partial charge in [-0.3, -0.25) is 0 Å². The SMILES string of the molecule is Cc1cc2c(cc1F)nc(CCCl)n2C(C)C1CCCO1. The Labute approximate surface area is 129 Å². The number of nitrogens with zero attached hydrogens (tertiary/aromatic N) is 2. The van der Waals surface area contributed by atoms with Crippen molar-refractivity contribution in [1.29, 1.82) is 0 Å². The van der Waals surface area contributed by atoms with Crippen molar-refractivity contribution in [1.82, 2.24) is 9.55 Å². The van der Waals surface area contributed by atoms with E-state index in [1.165, 1.54) is 6.07 Å². The van der Waals surface area contributed by atoms with Crippen LogP contribution in [0.2, 0.25) is 0 Å². The minimum Gasteiger partial charge on any atom is -0.376 e. The van der Waals surface area contributed by atoms with Crippen LogP contribution in [0.25, 0.3) is 11.0 Å². The summed E-state index contributed by atoms with van der Waals surface area (Å²) in [5, 5.41) is 0. The lowest BCUT2D eigenvalue weighted by molar-refractivity contribution is 0.0736. The molecular formula is C16H20ClFN2O. The fourth-order valence-corrected chi connectivity index (χ4v) is 3.30. The van der Waals surface area contributed by atoms with E-state index in [-0.39, 0.29) is 18.0 Å². The number of hydrogen-bond acceptors (Lipinski definition) is 2. The van der Waals surface area contributed by atoms with Crippen molar-refractivity contribution >= 4 is 22.6 Å². The zero-order valence-corrected chi connectivity index (χ0v) is 13.2. The lowest BCUT2D eigenvalue weighted by atomic mass is 10.1. The smallest absolute Gasteiger partial charge is 0.128 e. The van der Waals surface area contributed by atoms with Gasteiger partial charge in [-0.15, -0.1) is 11.6 Å². The van der Waals surface area contributed by atoms with Gasteiger partial charge in [0.2, 0.25) is 0 Å². The van der Waals surface area contributed by atoms with Gasteiger partial charge in [0.25, 0.3) is 0 Å². The second kappa shape index (κ2) is 5.93. The van der Waals surface area contributed by atoms with Crippen LogP contribution in [-0.4, -0.2) is 28.1 Å². The van der Waals surface area contributed by atoms with Crippen molar-refractivity contribution in [3.8, 4) is 0 Å². The Bertz CT molecular complexity index is 649. The standard InChI is InChI=1S/C16H20ClFN2O/c1-10-8-14-13(9-12(10)18)19-16(5-6-17)20(14)11(2)15-4-3-7-21-15/h8-9,11,15H,3-7H2,1-2H3. The summed E-state index contributed by atoms with van der Waals surface area (Å²) in [6.45, 7) is 4.75. The molecular weight excluding hydrogens is 291 g/mol. The molecule has 5 heteroatoms. The number of imidazole rings is 1. The van der Waals surface area contributed by atoms with Crippen LogP contribution in [0.1, 0.15) is 37.2 Å². The van der Waals surface area contributed by atoms with Crippen LogP contribution in [-0.2, 0) is 11.2 Å². The quantitative estimate of drug-likeness (QED) is 0.798. The Morgan fingerprint density at radius 2 is 2.33 bits per heavy atom. The van der Waals surface area contributed by atoms with Gasteiger partial charge in [0, 0.05) is 25.0 Å². The number of hydrogen-bond donors (Lipinski definition) is 0. The Kier molecular flexibility index (Phi) is 4.18. The Hall–Kier alpha value is -1.13. The third kappa shape index (κ3) is 2.67. The topological polar surface area (TPSA) is 27.1 Å². The summed E-state index contributed by atoms with van der Waals surface area (Å²) < 4.78 is 21.8. The number of benzene rings is 1. The van der Waals surface area contributed by atoms with E-state index in [0.717, 1.165) is 30.8 Å². The monoisotopic (exact) mass is 310 g/mol. The van der Waals surface area contributed by atoms with Gasteiger partial charge < -0.3 is 9.30 Å². The van der Waals surface area contributed by atoms with Crippen LogP contribution < -0.4 is 0 Å². The highest BCUT2D eigenvalue weighted by Gasteiger charge is 2.27. The maximum atomic E-state index is 13.8. The predicted molar refractivity (Wildman–Crippen MR) is 82.5 cm³/mol. The molecule has 1 saturated heterocycles. The molecule has 3 nitrogen and oxygen atoms in total. The van der Waals surface area contributed by atoms with Crippen LogP contribution in [0, 0.1) is 12.7 Å². The largest absolute Gasteiger partial charge is 0.376 e. The van der Waals surface area contributed by atoms with Gasteiger partial charge in [0.15, 0.2) is 0 Å². The molecule has 2 atom stereocenters. The first-order valence-electron chi connectivity index (χ1n) is 7.46. The molecule has 21 heavy (non-hydrogen) atoms. The number of aryl methyl sites for hydroxylation is 2. The first-order valence-corrected chi connectivity index (χ1v) is 7.99. The molecule has 1 aromatic heterocycles. The number of rotatable bonds is 4. The summed E-state index contributed by atoms with van der Waals surface area (Å²) >= 11 is 5.90. The van der Waals surface area contributed by atoms with E-state index in [1.807, 2.05) is 6.07 Å². The van der Waals surface area contributed by atoms with Crippen LogP contribution in [0.5, 0.6) is 0 Å². The summed E-state index contributed by atoms with van der Waals surface area (Å²) in [5.74, 6) is 1.20. The van der Waals surface area contributed by atoms with Crippen LogP contribution in [0.15, 0.2) is 12.1 Å². The van der Waals surface area contributed by atoms with Gasteiger partial charge in [0.05, 0.1) is 23.2 Å². The van der Waals surface area contributed by atoms with Crippen molar-refractivity contribution in [2.24, 2.45) is 0 Å². The van der Waals surface area contributed by atoms with Crippen LogP contribution >= 0.6 is 11.6 Å². The van der Waals surface area contributed by atoms with Gasteiger partial charge in [-0.05, 0) is 38.3 Å². The molecule has 0 amide bonds. The second-order valence-corrected chi connectivity index (χ2v) is 6.10. The van der Waals surface area contributed by atoms with Crippen molar-refractivity contribution in [2.75, 3.05) is 12.5 Å². The van der Waals surface area contributed by atoms with E-state index < -0.39 is 0 Å². The van der Waals surface area contributed by atoms with Gasteiger partial charge in [0.1, 0.15) is 11.6 Å². The first kappa shape index (κ1) is 14.8. The Balaban J connectivity index is 2.12. The zero-order chi connectivity index (χ0) is 15.0. The molecule has 3 rings (SSSR count). The molecule has 0 aliphatic carbocycles. The third-order valence-corrected chi connectivity index (χ3v) is 4.46. The minimum absolute atomic E-state index is 0.181. The fourth-order valence-electron chi connectivity index (χ4n) is 3.13. The van der Waals surface area contributed by atoms with E-state index in [2.05, 4.69) is 16.5 Å². The van der Waals surface area contributed by atoms with E-state index in [4.69, 9.17) is 16.3 Å². The zero-order valence-electron chi connectivity index (χ0n) is 12.4. The fraction of sp³-hybridized carbons (Fsp3) is 0.562. The molecule has 0 saturated carbocycles. The summed E-state index contributed by atoms with van der Waals surface area (Å²) in [4.78, 5) is 4.58. The lowest BCUT2D eigenvalue weighted by Crippen LogP contribution is -2.22. The highest BCUT2D eigenvalue weighted by molar-refractivity contribution is 6.17. The number of halogens is 2. The van der Waals surface area contributed by atoms with Gasteiger partial charge in [-0.2, -0.15) is 0 Å². The second-order valence-electron chi connectivity index (χ2n) is 5.72. The van der Waals surface area contributed by atoms with Crippen LogP contribution in [0.4, 0.5) is 4.39 Å². The molecule has 0 spiro atoms. The molecule has 1 aliphatic rings. The van der Waals surface area contributed by atoms with Crippen LogP contribution in [0.3, 0.4) is 0 Å². The molecule has 0 bridgehead atoms. The summed E-state index contributed by atoms with van der Waals surface area (Å²) in [7, 11) is 0. The van der Waals surface area contributed by atoms with Crippen molar-refractivity contribution in [2.45, 2.75) is 45.3 Å². The Morgan fingerprint density at radius 1 is 1.52 bits per heavy atom. The molecule has 2 heterocycles. The van der Waals surface area contributed by atoms with Crippen molar-refractivity contribution in [3.05, 3.63) is 29.3 Å². The molecule has 114 valence electrons. The lowest BCUT2D eigenvalue weighted by Gasteiger charge is -2.23. The van der Waals surface area contributed by atoms with E-state index >= 15 is 0 Å². The maximum Gasteiger partial charge on any atom is 0.128 e. The molecule has 1 aromatic carbocycles. The molecule has 1 aliphatic heterocycles. The Morgan fingerprint density at radius 3 is 3.00 bits per heavy atom. The van der Waals surface area contributed by atoms with Gasteiger partial charge in [-0.25, -0.2) is 9.37 Å². The summed E-state index contributed by atoms with van der Waals surface area (Å²) in [5.41, 5.74) is 2.31. The average molecular weight is 311 g/mol. The van der Waals surface area contributed by atoms with E-state index in [9.17, 15) is 4.39 Å².